The Morgan fingerprint density at radius 2 is 0.783 bits per heavy atom. The van der Waals surface area contributed by atoms with Gasteiger partial charge in [-0.2, -0.15) is 0 Å². The Morgan fingerprint density at radius 3 is 1.34 bits per heavy atom. The van der Waals surface area contributed by atoms with Crippen LogP contribution >= 0.6 is 15.9 Å². The van der Waals surface area contributed by atoms with Crippen LogP contribution in [0.4, 0.5) is 51.2 Å². The van der Waals surface area contributed by atoms with Crippen LogP contribution in [-0.4, -0.2) is 4.57 Å². The number of aryl methyl sites for hydroxylation is 2. The molecule has 0 unspecified atom stereocenters. The summed E-state index contributed by atoms with van der Waals surface area (Å²) in [6.45, 7) is 37.0. The third-order valence-corrected chi connectivity index (χ3v) is 20.1. The van der Waals surface area contributed by atoms with Gasteiger partial charge in [0.2, 0.25) is 0 Å². The highest BCUT2D eigenvalue weighted by Gasteiger charge is 2.36. The van der Waals surface area contributed by atoms with E-state index in [9.17, 15) is 0 Å². The number of hydrogen-bond acceptors (Lipinski definition) is 3. The molecule has 0 saturated carbocycles. The van der Waals surface area contributed by atoms with Crippen LogP contribution in [0.3, 0.4) is 0 Å². The van der Waals surface area contributed by atoms with Gasteiger partial charge in [-0.3, -0.25) is 0 Å². The van der Waals surface area contributed by atoms with E-state index in [1.807, 2.05) is 0 Å². The number of aromatic nitrogens is 1. The third-order valence-electron chi connectivity index (χ3n) is 19.3. The van der Waals surface area contributed by atoms with Gasteiger partial charge in [-0.15, -0.1) is 0 Å². The number of hydrogen-bond donors (Lipinski definition) is 0. The summed E-state index contributed by atoms with van der Waals surface area (Å²) in [5.41, 5.74) is 28.0. The molecule has 0 spiro atoms. The summed E-state index contributed by atoms with van der Waals surface area (Å²) < 4.78 is 3.40. The molecule has 0 saturated heterocycles. The van der Waals surface area contributed by atoms with E-state index in [1.165, 1.54) is 83.1 Å². The van der Waals surface area contributed by atoms with Crippen LogP contribution < -0.4 is 14.7 Å². The monoisotopic (exact) mass is 1270 g/mol. The Balaban J connectivity index is 1.06. The van der Waals surface area contributed by atoms with E-state index in [0.717, 1.165) is 66.9 Å². The zero-order chi connectivity index (χ0) is 65.0. The van der Waals surface area contributed by atoms with Crippen molar-refractivity contribution in [2.24, 2.45) is 0 Å². The standard InChI is InChI=1S/C87H87BrN4/c1-56-49-70(50-57(2)81(56)58-33-47-72-71-29-20-22-31-75(71)87(15,16)76(72)51-58)91(80-53-62(86(12,13)14)52-79(82(80)88)90(65-42-36-60(37-43-65)84(6,7)8)66-44-38-61(39-45-66)85(9,10)11)68-28-24-27-67(54-68)89(64-40-34-59(35-41-64)83(3,4)5)69-46-48-74-73-30-21-23-32-77(73)92(78(74)55-69)63-25-18-17-19-26-63/h17-55H,1-16H3. The Bertz CT molecular complexity index is 4690. The molecule has 1 aliphatic rings. The van der Waals surface area contributed by atoms with Gasteiger partial charge in [0.25, 0.3) is 0 Å². The van der Waals surface area contributed by atoms with E-state index in [2.05, 4.69) is 383 Å². The van der Waals surface area contributed by atoms with E-state index in [1.54, 1.807) is 0 Å². The van der Waals surface area contributed by atoms with Crippen molar-refractivity contribution in [3.8, 4) is 27.9 Å². The maximum Gasteiger partial charge on any atom is 0.0657 e. The summed E-state index contributed by atoms with van der Waals surface area (Å²) in [7, 11) is 0. The van der Waals surface area contributed by atoms with Crippen LogP contribution in [-0.2, 0) is 27.1 Å². The van der Waals surface area contributed by atoms with E-state index in [0.29, 0.717) is 0 Å². The zero-order valence-corrected chi connectivity index (χ0v) is 58.3. The van der Waals surface area contributed by atoms with Crippen molar-refractivity contribution < 1.29 is 0 Å². The minimum absolute atomic E-state index is 0.0121. The number of anilines is 9. The average molecular weight is 1270 g/mol. The lowest BCUT2D eigenvalue weighted by molar-refractivity contribution is 0.589. The number of nitrogens with zero attached hydrogens (tertiary/aromatic N) is 4. The fraction of sp³-hybridized carbons (Fsp3) is 0.241. The highest BCUT2D eigenvalue weighted by molar-refractivity contribution is 9.10. The Morgan fingerprint density at radius 1 is 0.337 bits per heavy atom. The summed E-state index contributed by atoms with van der Waals surface area (Å²) in [5.74, 6) is 0. The van der Waals surface area contributed by atoms with Gasteiger partial charge in [-0.25, -0.2) is 0 Å². The van der Waals surface area contributed by atoms with Gasteiger partial charge in [0.15, 0.2) is 0 Å². The predicted molar refractivity (Wildman–Crippen MR) is 400 cm³/mol. The molecular weight excluding hydrogens is 1180 g/mol. The quantitative estimate of drug-likeness (QED) is 0.128. The van der Waals surface area contributed by atoms with Gasteiger partial charge in [0, 0.05) is 61.7 Å². The second-order valence-corrected chi connectivity index (χ2v) is 31.1. The van der Waals surface area contributed by atoms with Crippen LogP contribution in [0.25, 0.3) is 49.7 Å². The number of fused-ring (bicyclic) bond motifs is 6. The number of benzene rings is 11. The summed E-state index contributed by atoms with van der Waals surface area (Å²) in [6, 6.07) is 89.3. The lowest BCUT2D eigenvalue weighted by atomic mass is 9.81. The molecule has 1 heterocycles. The molecule has 92 heavy (non-hydrogen) atoms. The van der Waals surface area contributed by atoms with Gasteiger partial charge in [-0.05, 0) is 233 Å². The highest BCUT2D eigenvalue weighted by atomic mass is 79.9. The minimum atomic E-state index is -0.247. The smallest absolute Gasteiger partial charge is 0.0657 e. The first kappa shape index (κ1) is 61.9. The highest BCUT2D eigenvalue weighted by Crippen LogP contribution is 2.54. The van der Waals surface area contributed by atoms with Crippen LogP contribution in [0.15, 0.2) is 241 Å². The average Bonchev–Trinajstić information content (AvgIpc) is 1.49. The van der Waals surface area contributed by atoms with Crippen LogP contribution in [0.1, 0.15) is 141 Å². The molecule has 0 atom stereocenters. The number of rotatable bonds is 11. The van der Waals surface area contributed by atoms with Gasteiger partial charge >= 0.3 is 0 Å². The summed E-state index contributed by atoms with van der Waals surface area (Å²) in [6.07, 6.45) is 0. The molecule has 12 aromatic rings. The Kier molecular flexibility index (Phi) is 15.5. The first-order chi connectivity index (χ1) is 43.6. The Hall–Kier alpha value is -8.90. The fourth-order valence-corrected chi connectivity index (χ4v) is 14.7. The molecule has 11 aromatic carbocycles. The number of para-hydroxylation sites is 2. The van der Waals surface area contributed by atoms with Gasteiger partial charge < -0.3 is 19.3 Å². The van der Waals surface area contributed by atoms with E-state index < -0.39 is 0 Å². The van der Waals surface area contributed by atoms with Crippen molar-refractivity contribution in [1.29, 1.82) is 0 Å². The fourth-order valence-electron chi connectivity index (χ4n) is 14.1. The zero-order valence-electron chi connectivity index (χ0n) is 56.7. The molecule has 0 fully saturated rings. The van der Waals surface area contributed by atoms with Gasteiger partial charge in [-0.1, -0.05) is 218 Å². The molecule has 4 nitrogen and oxygen atoms in total. The second-order valence-electron chi connectivity index (χ2n) is 30.3. The van der Waals surface area contributed by atoms with Crippen LogP contribution in [0, 0.1) is 13.8 Å². The first-order valence-corrected chi connectivity index (χ1v) is 33.6. The minimum Gasteiger partial charge on any atom is -0.310 e. The van der Waals surface area contributed by atoms with E-state index in [-0.39, 0.29) is 27.1 Å². The van der Waals surface area contributed by atoms with E-state index >= 15 is 0 Å². The van der Waals surface area contributed by atoms with Crippen LogP contribution in [0.5, 0.6) is 0 Å². The third kappa shape index (κ3) is 11.2. The molecule has 0 radical (unpaired) electrons. The molecule has 462 valence electrons. The molecule has 0 N–H and O–H groups in total. The lowest BCUT2D eigenvalue weighted by Crippen LogP contribution is -2.19. The lowest BCUT2D eigenvalue weighted by Gasteiger charge is -2.35. The normalized spacial score (nSPS) is 13.1. The van der Waals surface area contributed by atoms with Gasteiger partial charge in [0.1, 0.15) is 0 Å². The molecule has 0 aliphatic heterocycles. The maximum absolute atomic E-state index is 4.52. The Labute approximate surface area is 556 Å². The van der Waals surface area contributed by atoms with Gasteiger partial charge in [0.05, 0.1) is 26.9 Å². The molecule has 0 amide bonds. The number of halogens is 1. The molecule has 13 rings (SSSR count). The SMILES string of the molecule is Cc1cc(N(c2cccc(N(c3ccc(C(C)(C)C)cc3)c3ccc4c5ccccc5n(-c5ccccc5)c4c3)c2)c2cc(C(C)(C)C)cc(N(c3ccc(C(C)(C)C)cc3)c3ccc(C(C)(C)C)cc3)c2Br)cc(C)c1-c1ccc2c(c1)C(C)(C)c1ccccc1-2. The van der Waals surface area contributed by atoms with Crippen molar-refractivity contribution in [3.05, 3.63) is 286 Å². The van der Waals surface area contributed by atoms with Crippen molar-refractivity contribution in [3.63, 3.8) is 0 Å². The maximum atomic E-state index is 4.52. The summed E-state index contributed by atoms with van der Waals surface area (Å²) >= 11 is 4.52. The molecule has 5 heteroatoms. The predicted octanol–water partition coefficient (Wildman–Crippen LogP) is 25.7. The van der Waals surface area contributed by atoms with E-state index in [4.69, 9.17) is 0 Å². The van der Waals surface area contributed by atoms with Crippen molar-refractivity contribution in [2.45, 2.75) is 138 Å². The van der Waals surface area contributed by atoms with Crippen LogP contribution in [0.2, 0.25) is 0 Å². The molecule has 1 aliphatic carbocycles. The van der Waals surface area contributed by atoms with Crippen molar-refractivity contribution in [1.82, 2.24) is 4.57 Å². The summed E-state index contributed by atoms with van der Waals surface area (Å²) in [5, 5.41) is 2.44. The first-order valence-electron chi connectivity index (χ1n) is 32.8. The topological polar surface area (TPSA) is 14.7 Å². The van der Waals surface area contributed by atoms with Crippen molar-refractivity contribution in [2.75, 3.05) is 14.7 Å². The second kappa shape index (κ2) is 23.0. The molecule has 0 bridgehead atoms. The largest absolute Gasteiger partial charge is 0.310 e. The molecular formula is C87H87BrN4. The summed E-state index contributed by atoms with van der Waals surface area (Å²) in [4.78, 5) is 7.42. The van der Waals surface area contributed by atoms with Crippen molar-refractivity contribution >= 4 is 88.9 Å². The molecule has 1 aromatic heterocycles.